The number of fused-ring (bicyclic) bond motifs is 1. The molecule has 0 N–H and O–H groups in total. The molecule has 0 saturated carbocycles. The minimum Gasteiger partial charge on any atom is -0.483 e. The number of benzene rings is 2. The van der Waals surface area contributed by atoms with Crippen molar-refractivity contribution in [3.8, 4) is 5.75 Å². The van der Waals surface area contributed by atoms with Gasteiger partial charge in [0.15, 0.2) is 5.75 Å². The van der Waals surface area contributed by atoms with Crippen molar-refractivity contribution < 1.29 is 32.2 Å². The maximum atomic E-state index is 13.1. The Bertz CT molecular complexity index is 1000. The maximum absolute atomic E-state index is 13.1. The van der Waals surface area contributed by atoms with Crippen molar-refractivity contribution in [2.75, 3.05) is 32.5 Å². The fourth-order valence-corrected chi connectivity index (χ4v) is 4.00. The molecule has 0 unspecified atom stereocenters. The minimum atomic E-state index is -4.55. The van der Waals surface area contributed by atoms with Gasteiger partial charge in [-0.2, -0.15) is 13.2 Å². The first-order valence-corrected chi connectivity index (χ1v) is 10.3. The van der Waals surface area contributed by atoms with Gasteiger partial charge in [-0.3, -0.25) is 4.90 Å². The van der Waals surface area contributed by atoms with Gasteiger partial charge in [-0.15, -0.1) is 11.8 Å². The summed E-state index contributed by atoms with van der Waals surface area (Å²) >= 11 is 7.22. The number of para-hydroxylation sites is 1. The van der Waals surface area contributed by atoms with Crippen molar-refractivity contribution in [3.05, 3.63) is 52.5 Å². The monoisotopic (exact) mass is 474 g/mol. The summed E-state index contributed by atoms with van der Waals surface area (Å²) in [5.41, 5.74) is 0.500. The van der Waals surface area contributed by atoms with Crippen LogP contribution in [0.25, 0.3) is 0 Å². The van der Waals surface area contributed by atoms with Gasteiger partial charge in [-0.1, -0.05) is 29.8 Å². The molecule has 31 heavy (non-hydrogen) atoms. The molecule has 3 rings (SSSR count). The molecule has 0 bridgehead atoms. The zero-order valence-electron chi connectivity index (χ0n) is 16.5. The number of alkyl halides is 3. The van der Waals surface area contributed by atoms with E-state index < -0.39 is 17.8 Å². The summed E-state index contributed by atoms with van der Waals surface area (Å²) in [6.45, 7) is 0.0637. The highest BCUT2D eigenvalue weighted by Crippen LogP contribution is 2.43. The van der Waals surface area contributed by atoms with Gasteiger partial charge in [0, 0.05) is 12.9 Å². The number of hydrogen-bond acceptors (Lipinski definition) is 6. The number of hydrogen-bond donors (Lipinski definition) is 0. The molecule has 0 spiro atoms. The van der Waals surface area contributed by atoms with Crippen LogP contribution >= 0.6 is 23.4 Å². The molecule has 0 aliphatic carbocycles. The number of amides is 1. The fraction of sp³-hybridized carbons (Fsp3) is 0.300. The Morgan fingerprint density at radius 3 is 2.71 bits per heavy atom. The zero-order chi connectivity index (χ0) is 22.6. The Morgan fingerprint density at radius 1 is 1.29 bits per heavy atom. The van der Waals surface area contributed by atoms with Gasteiger partial charge < -0.3 is 14.2 Å². The SMILES string of the molecule is COCN(C(=O)OC)c1ccccc1CSC1=Nc2cc(C(F)(F)F)cc(Cl)c2OC1. The third-order valence-electron chi connectivity index (χ3n) is 4.27. The molecule has 0 radical (unpaired) electrons. The third kappa shape index (κ3) is 5.44. The van der Waals surface area contributed by atoms with Crippen LogP contribution < -0.4 is 9.64 Å². The number of carbonyl (C=O) groups excluding carboxylic acids is 1. The van der Waals surface area contributed by atoms with E-state index in [2.05, 4.69) is 4.99 Å². The van der Waals surface area contributed by atoms with Crippen LogP contribution in [0.2, 0.25) is 5.02 Å². The molecule has 1 aliphatic rings. The van der Waals surface area contributed by atoms with E-state index in [1.165, 1.54) is 30.9 Å². The highest BCUT2D eigenvalue weighted by atomic mass is 35.5. The van der Waals surface area contributed by atoms with Gasteiger partial charge in [-0.05, 0) is 23.8 Å². The molecule has 1 aliphatic heterocycles. The predicted molar refractivity (Wildman–Crippen MR) is 114 cm³/mol. The number of methoxy groups -OCH3 is 2. The molecule has 1 heterocycles. The van der Waals surface area contributed by atoms with E-state index in [1.807, 2.05) is 12.1 Å². The van der Waals surface area contributed by atoms with Crippen LogP contribution in [-0.2, 0) is 21.4 Å². The second kappa shape index (κ2) is 9.80. The van der Waals surface area contributed by atoms with Crippen LogP contribution in [0, 0.1) is 0 Å². The molecule has 166 valence electrons. The first-order valence-electron chi connectivity index (χ1n) is 8.90. The predicted octanol–water partition coefficient (Wildman–Crippen LogP) is 5.89. The second-order valence-electron chi connectivity index (χ2n) is 6.33. The molecular weight excluding hydrogens is 457 g/mol. The number of halogens is 4. The van der Waals surface area contributed by atoms with Crippen LogP contribution in [0.1, 0.15) is 11.1 Å². The number of carbonyl (C=O) groups is 1. The normalized spacial score (nSPS) is 13.2. The molecule has 0 aromatic heterocycles. The topological polar surface area (TPSA) is 60.4 Å². The summed E-state index contributed by atoms with van der Waals surface area (Å²) in [5, 5.41) is 0.338. The lowest BCUT2D eigenvalue weighted by atomic mass is 10.1. The summed E-state index contributed by atoms with van der Waals surface area (Å²) < 4.78 is 54.7. The standard InChI is InChI=1S/C20H18ClF3N2O4S/c1-28-11-26(19(27)29-2)16-6-4-3-5-12(16)10-31-17-9-30-18-14(21)7-13(20(22,23)24)8-15(18)25-17/h3-8H,9-11H2,1-2H3. The smallest absolute Gasteiger partial charge is 0.416 e. The largest absolute Gasteiger partial charge is 0.483 e. The lowest BCUT2D eigenvalue weighted by molar-refractivity contribution is -0.137. The Morgan fingerprint density at radius 2 is 2.03 bits per heavy atom. The number of anilines is 1. The average molecular weight is 475 g/mol. The first kappa shape index (κ1) is 23.2. The van der Waals surface area contributed by atoms with Crippen LogP contribution in [0.15, 0.2) is 41.4 Å². The Labute approximate surface area is 185 Å². The Hall–Kier alpha value is -2.43. The first-order chi connectivity index (χ1) is 14.7. The quantitative estimate of drug-likeness (QED) is 0.505. The summed E-state index contributed by atoms with van der Waals surface area (Å²) in [6, 6.07) is 8.88. The van der Waals surface area contributed by atoms with E-state index in [0.29, 0.717) is 16.5 Å². The van der Waals surface area contributed by atoms with E-state index >= 15 is 0 Å². The number of ether oxygens (including phenoxy) is 3. The van der Waals surface area contributed by atoms with Gasteiger partial charge in [0.2, 0.25) is 0 Å². The fourth-order valence-electron chi connectivity index (χ4n) is 2.86. The van der Waals surface area contributed by atoms with Crippen molar-refractivity contribution in [3.63, 3.8) is 0 Å². The molecule has 0 fully saturated rings. The van der Waals surface area contributed by atoms with E-state index in [0.717, 1.165) is 17.7 Å². The molecule has 6 nitrogen and oxygen atoms in total. The Kier molecular flexibility index (Phi) is 7.34. The molecular formula is C20H18ClF3N2O4S. The minimum absolute atomic E-state index is 0.00942. The van der Waals surface area contributed by atoms with E-state index in [-0.39, 0.29) is 29.8 Å². The molecule has 1 amide bonds. The lowest BCUT2D eigenvalue weighted by Crippen LogP contribution is -2.33. The van der Waals surface area contributed by atoms with Crippen molar-refractivity contribution >= 4 is 45.9 Å². The van der Waals surface area contributed by atoms with Crippen molar-refractivity contribution in [2.24, 2.45) is 4.99 Å². The molecule has 0 saturated heterocycles. The number of nitrogens with zero attached hydrogens (tertiary/aromatic N) is 2. The summed E-state index contributed by atoms with van der Waals surface area (Å²) in [4.78, 5) is 17.7. The van der Waals surface area contributed by atoms with Crippen LogP contribution in [0.3, 0.4) is 0 Å². The highest BCUT2D eigenvalue weighted by molar-refractivity contribution is 8.13. The molecule has 2 aromatic rings. The van der Waals surface area contributed by atoms with Gasteiger partial charge in [0.05, 0.1) is 23.4 Å². The van der Waals surface area contributed by atoms with Crippen LogP contribution in [0.4, 0.5) is 29.3 Å². The van der Waals surface area contributed by atoms with Crippen LogP contribution in [0.5, 0.6) is 5.75 Å². The van der Waals surface area contributed by atoms with Crippen LogP contribution in [-0.4, -0.2) is 38.7 Å². The second-order valence-corrected chi connectivity index (χ2v) is 7.79. The maximum Gasteiger partial charge on any atom is 0.416 e. The van der Waals surface area contributed by atoms with Gasteiger partial charge in [0.1, 0.15) is 24.1 Å². The van der Waals surface area contributed by atoms with Gasteiger partial charge >= 0.3 is 12.3 Å². The van der Waals surface area contributed by atoms with Gasteiger partial charge in [0.25, 0.3) is 0 Å². The molecule has 2 aromatic carbocycles. The summed E-state index contributed by atoms with van der Waals surface area (Å²) in [7, 11) is 2.73. The summed E-state index contributed by atoms with van der Waals surface area (Å²) in [6.07, 6.45) is -5.13. The van der Waals surface area contributed by atoms with Gasteiger partial charge in [-0.25, -0.2) is 9.79 Å². The molecule has 11 heteroatoms. The number of aliphatic imine (C=N–C) groups is 1. The number of thioether (sulfide) groups is 1. The Balaban J connectivity index is 1.83. The van der Waals surface area contributed by atoms with E-state index in [9.17, 15) is 18.0 Å². The van der Waals surface area contributed by atoms with E-state index in [1.54, 1.807) is 12.1 Å². The third-order valence-corrected chi connectivity index (χ3v) is 5.54. The van der Waals surface area contributed by atoms with Crippen molar-refractivity contribution in [2.45, 2.75) is 11.9 Å². The average Bonchev–Trinajstić information content (AvgIpc) is 2.75. The van der Waals surface area contributed by atoms with Crippen molar-refractivity contribution in [1.29, 1.82) is 0 Å². The van der Waals surface area contributed by atoms with Crippen molar-refractivity contribution in [1.82, 2.24) is 0 Å². The molecule has 0 atom stereocenters. The summed E-state index contributed by atoms with van der Waals surface area (Å²) in [5.74, 6) is 0.508. The number of rotatable bonds is 5. The highest BCUT2D eigenvalue weighted by Gasteiger charge is 2.33. The lowest BCUT2D eigenvalue weighted by Gasteiger charge is -2.23. The van der Waals surface area contributed by atoms with E-state index in [4.69, 9.17) is 25.8 Å². The zero-order valence-corrected chi connectivity index (χ0v) is 18.1.